The Balaban J connectivity index is 2.00. The summed E-state index contributed by atoms with van der Waals surface area (Å²) in [6.45, 7) is 2.05. The third-order valence-corrected chi connectivity index (χ3v) is 4.79. The number of hydrogen-bond donors (Lipinski definition) is 0. The first kappa shape index (κ1) is 11.7. The number of piperidine rings is 1. The Hall–Kier alpha value is -1.40. The molecule has 3 nitrogen and oxygen atoms in total. The summed E-state index contributed by atoms with van der Waals surface area (Å²) in [5, 5.41) is 9.74. The van der Waals surface area contributed by atoms with Gasteiger partial charge in [-0.2, -0.15) is 5.26 Å². The van der Waals surface area contributed by atoms with E-state index >= 15 is 0 Å². The lowest BCUT2D eigenvalue weighted by Gasteiger charge is -2.41. The van der Waals surface area contributed by atoms with E-state index in [1.807, 2.05) is 19.3 Å². The fourth-order valence-corrected chi connectivity index (χ4v) is 3.68. The fraction of sp³-hybridized carbons (Fsp3) is 0.600. The zero-order chi connectivity index (χ0) is 12.8. The highest BCUT2D eigenvalue weighted by molar-refractivity contribution is 5.35. The summed E-state index contributed by atoms with van der Waals surface area (Å²) >= 11 is 0. The number of aromatic nitrogens is 1. The largest absolute Gasteiger partial charge is 0.300 e. The second-order valence-corrected chi connectivity index (χ2v) is 5.90. The van der Waals surface area contributed by atoms with Gasteiger partial charge in [-0.3, -0.25) is 4.98 Å². The second-order valence-electron chi connectivity index (χ2n) is 5.90. The summed E-state index contributed by atoms with van der Waals surface area (Å²) in [4.78, 5) is 6.75. The van der Waals surface area contributed by atoms with Gasteiger partial charge < -0.3 is 4.90 Å². The Labute approximate surface area is 108 Å². The summed E-state index contributed by atoms with van der Waals surface area (Å²) in [6, 6.07) is 5.90. The molecule has 3 heteroatoms. The van der Waals surface area contributed by atoms with Crippen LogP contribution in [-0.2, 0) is 5.41 Å². The van der Waals surface area contributed by atoms with Crippen molar-refractivity contribution in [2.45, 2.75) is 50.1 Å². The average Bonchev–Trinajstić information content (AvgIpc) is 2.62. The molecule has 2 saturated heterocycles. The van der Waals surface area contributed by atoms with Crippen LogP contribution in [0.3, 0.4) is 0 Å². The number of rotatable bonds is 1. The van der Waals surface area contributed by atoms with Gasteiger partial charge in [0.05, 0.1) is 11.5 Å². The van der Waals surface area contributed by atoms with Gasteiger partial charge >= 0.3 is 0 Å². The van der Waals surface area contributed by atoms with E-state index in [-0.39, 0.29) is 5.41 Å². The summed E-state index contributed by atoms with van der Waals surface area (Å²) in [7, 11) is 2.21. The second kappa shape index (κ2) is 4.07. The van der Waals surface area contributed by atoms with Crippen molar-refractivity contribution >= 4 is 0 Å². The van der Waals surface area contributed by atoms with E-state index in [9.17, 15) is 5.26 Å². The number of fused-ring (bicyclic) bond motifs is 2. The maximum Gasteiger partial charge on any atom is 0.0867 e. The molecule has 1 aromatic heterocycles. The van der Waals surface area contributed by atoms with Crippen molar-refractivity contribution in [3.8, 4) is 6.07 Å². The molecular weight excluding hydrogens is 222 g/mol. The van der Waals surface area contributed by atoms with Gasteiger partial charge in [-0.25, -0.2) is 0 Å². The molecule has 0 N–H and O–H groups in total. The molecule has 0 amide bonds. The van der Waals surface area contributed by atoms with Gasteiger partial charge in [0.15, 0.2) is 0 Å². The van der Waals surface area contributed by atoms with Crippen LogP contribution in [0.15, 0.2) is 18.5 Å². The lowest BCUT2D eigenvalue weighted by molar-refractivity contribution is 0.135. The lowest BCUT2D eigenvalue weighted by atomic mass is 9.71. The van der Waals surface area contributed by atoms with Gasteiger partial charge in [0.2, 0.25) is 0 Å². The molecule has 2 aliphatic rings. The van der Waals surface area contributed by atoms with E-state index in [1.165, 1.54) is 12.8 Å². The molecule has 2 aliphatic heterocycles. The van der Waals surface area contributed by atoms with Crippen LogP contribution in [0, 0.1) is 18.3 Å². The van der Waals surface area contributed by atoms with E-state index in [0.717, 1.165) is 24.0 Å². The zero-order valence-electron chi connectivity index (χ0n) is 11.1. The van der Waals surface area contributed by atoms with Gasteiger partial charge in [0.25, 0.3) is 0 Å². The molecule has 18 heavy (non-hydrogen) atoms. The zero-order valence-corrected chi connectivity index (χ0v) is 11.1. The predicted molar refractivity (Wildman–Crippen MR) is 70.1 cm³/mol. The maximum absolute atomic E-state index is 9.74. The van der Waals surface area contributed by atoms with E-state index in [4.69, 9.17) is 0 Å². The molecule has 2 bridgehead atoms. The standard InChI is InChI=1S/C15H19N3/c1-11-5-12(9-17-8-11)15(10-16)6-13-3-4-14(7-15)18(13)2/h5,8-9,13-14H,3-4,6-7H2,1-2H3/t13-,14+,15-. The molecule has 0 aliphatic carbocycles. The highest BCUT2D eigenvalue weighted by Gasteiger charge is 2.48. The maximum atomic E-state index is 9.74. The number of nitriles is 1. The van der Waals surface area contributed by atoms with Crippen LogP contribution < -0.4 is 0 Å². The SMILES string of the molecule is Cc1cncc([C@]2(C#N)C[C@H]3CC[C@@H](C2)N3C)c1. The van der Waals surface area contributed by atoms with Crippen LogP contribution >= 0.6 is 0 Å². The van der Waals surface area contributed by atoms with Crippen LogP contribution in [0.1, 0.15) is 36.8 Å². The Morgan fingerprint density at radius 3 is 2.56 bits per heavy atom. The van der Waals surface area contributed by atoms with Crippen molar-refractivity contribution in [3.05, 3.63) is 29.6 Å². The van der Waals surface area contributed by atoms with Crippen molar-refractivity contribution < 1.29 is 0 Å². The van der Waals surface area contributed by atoms with Gasteiger partial charge in [-0.15, -0.1) is 0 Å². The van der Waals surface area contributed by atoms with Crippen LogP contribution in [-0.4, -0.2) is 29.0 Å². The third-order valence-electron chi connectivity index (χ3n) is 4.79. The molecule has 3 rings (SSSR count). The number of pyridine rings is 1. The quantitative estimate of drug-likeness (QED) is 0.758. The molecule has 0 radical (unpaired) electrons. The average molecular weight is 241 g/mol. The Morgan fingerprint density at radius 2 is 2.00 bits per heavy atom. The van der Waals surface area contributed by atoms with Crippen molar-refractivity contribution in [3.63, 3.8) is 0 Å². The molecule has 0 spiro atoms. The number of aryl methyl sites for hydroxylation is 1. The molecule has 0 aromatic carbocycles. The minimum Gasteiger partial charge on any atom is -0.300 e. The van der Waals surface area contributed by atoms with Crippen molar-refractivity contribution in [1.82, 2.24) is 9.88 Å². The molecule has 0 saturated carbocycles. The molecule has 3 atom stereocenters. The van der Waals surface area contributed by atoms with Crippen molar-refractivity contribution in [2.75, 3.05) is 7.05 Å². The van der Waals surface area contributed by atoms with Gasteiger partial charge in [0.1, 0.15) is 0 Å². The fourth-order valence-electron chi connectivity index (χ4n) is 3.68. The summed E-state index contributed by atoms with van der Waals surface area (Å²) in [6.07, 6.45) is 8.15. The summed E-state index contributed by atoms with van der Waals surface area (Å²) in [5.74, 6) is 0. The molecule has 1 aromatic rings. The molecule has 94 valence electrons. The normalized spacial score (nSPS) is 35.4. The van der Waals surface area contributed by atoms with Crippen LogP contribution in [0.25, 0.3) is 0 Å². The third kappa shape index (κ3) is 1.64. The summed E-state index contributed by atoms with van der Waals surface area (Å²) < 4.78 is 0. The van der Waals surface area contributed by atoms with Crippen molar-refractivity contribution in [2.24, 2.45) is 0 Å². The molecule has 0 unspecified atom stereocenters. The van der Waals surface area contributed by atoms with Gasteiger partial charge in [0, 0.05) is 24.5 Å². The Morgan fingerprint density at radius 1 is 1.33 bits per heavy atom. The molecule has 3 heterocycles. The van der Waals surface area contributed by atoms with E-state index in [1.54, 1.807) is 0 Å². The first-order chi connectivity index (χ1) is 8.64. The molecule has 2 fully saturated rings. The first-order valence-electron chi connectivity index (χ1n) is 6.70. The van der Waals surface area contributed by atoms with Crippen molar-refractivity contribution in [1.29, 1.82) is 5.26 Å². The first-order valence-corrected chi connectivity index (χ1v) is 6.70. The van der Waals surface area contributed by atoms with E-state index in [2.05, 4.69) is 29.1 Å². The predicted octanol–water partition coefficient (Wildman–Crippen LogP) is 2.41. The number of nitrogens with zero attached hydrogens (tertiary/aromatic N) is 3. The highest BCUT2D eigenvalue weighted by Crippen LogP contribution is 2.46. The smallest absolute Gasteiger partial charge is 0.0867 e. The monoisotopic (exact) mass is 241 g/mol. The molecular formula is C15H19N3. The Kier molecular flexibility index (Phi) is 2.64. The Bertz CT molecular complexity index is 489. The summed E-state index contributed by atoms with van der Waals surface area (Å²) in [5.41, 5.74) is 1.96. The van der Waals surface area contributed by atoms with Crippen LogP contribution in [0.5, 0.6) is 0 Å². The topological polar surface area (TPSA) is 39.9 Å². The minimum absolute atomic E-state index is 0.308. The highest BCUT2D eigenvalue weighted by atomic mass is 15.2. The van der Waals surface area contributed by atoms with Gasteiger partial charge in [-0.05, 0) is 50.8 Å². The van der Waals surface area contributed by atoms with E-state index < -0.39 is 0 Å². The minimum atomic E-state index is -0.308. The van der Waals surface area contributed by atoms with Gasteiger partial charge in [-0.1, -0.05) is 6.07 Å². The van der Waals surface area contributed by atoms with Crippen LogP contribution in [0.2, 0.25) is 0 Å². The van der Waals surface area contributed by atoms with Crippen LogP contribution in [0.4, 0.5) is 0 Å². The van der Waals surface area contributed by atoms with E-state index in [0.29, 0.717) is 12.1 Å². The number of hydrogen-bond acceptors (Lipinski definition) is 3. The lowest BCUT2D eigenvalue weighted by Crippen LogP contribution is -2.47.